The molecule has 5 heteroatoms. The van der Waals surface area contributed by atoms with Crippen LogP contribution in [0.4, 0.5) is 5.69 Å². The molecule has 22 heavy (non-hydrogen) atoms. The van der Waals surface area contributed by atoms with Crippen LogP contribution in [-0.4, -0.2) is 11.0 Å². The Labute approximate surface area is 136 Å². The molecule has 0 unspecified atom stereocenters. The molecule has 2 N–H and O–H groups in total. The first-order valence-electron chi connectivity index (χ1n) is 6.48. The second-order valence-electron chi connectivity index (χ2n) is 4.70. The third-order valence-electron chi connectivity index (χ3n) is 2.93. The number of rotatable bonds is 3. The monoisotopic (exact) mass is 356 g/mol. The van der Waals surface area contributed by atoms with Gasteiger partial charge in [-0.3, -0.25) is 4.79 Å². The summed E-state index contributed by atoms with van der Waals surface area (Å²) in [6.07, 6.45) is 1.35. The molecule has 0 heterocycles. The molecule has 2 aromatic carbocycles. The van der Waals surface area contributed by atoms with Crippen LogP contribution < -0.4 is 5.32 Å². The number of hydrogen-bond acceptors (Lipinski definition) is 3. The van der Waals surface area contributed by atoms with Crippen LogP contribution in [0, 0.1) is 18.3 Å². The highest BCUT2D eigenvalue weighted by molar-refractivity contribution is 9.10. The second-order valence-corrected chi connectivity index (χ2v) is 5.61. The lowest BCUT2D eigenvalue weighted by molar-refractivity contribution is -0.112. The minimum Gasteiger partial charge on any atom is -0.507 e. The van der Waals surface area contributed by atoms with Crippen molar-refractivity contribution in [2.75, 3.05) is 5.32 Å². The number of hydrogen-bond donors (Lipinski definition) is 2. The van der Waals surface area contributed by atoms with Crippen LogP contribution in [-0.2, 0) is 4.79 Å². The van der Waals surface area contributed by atoms with E-state index in [1.54, 1.807) is 18.2 Å². The summed E-state index contributed by atoms with van der Waals surface area (Å²) >= 11 is 3.28. The van der Waals surface area contributed by atoms with E-state index in [1.807, 2.05) is 31.2 Å². The van der Waals surface area contributed by atoms with Gasteiger partial charge in [0.2, 0.25) is 0 Å². The van der Waals surface area contributed by atoms with Crippen molar-refractivity contribution in [3.05, 3.63) is 63.6 Å². The normalized spacial score (nSPS) is 10.9. The Kier molecular flexibility index (Phi) is 4.97. The Morgan fingerprint density at radius 3 is 2.77 bits per heavy atom. The van der Waals surface area contributed by atoms with E-state index in [4.69, 9.17) is 0 Å². The number of carbonyl (C=O) groups is 1. The first kappa shape index (κ1) is 15.8. The lowest BCUT2D eigenvalue weighted by atomic mass is 10.1. The van der Waals surface area contributed by atoms with E-state index < -0.39 is 5.91 Å². The molecule has 0 aliphatic carbocycles. The number of aromatic hydroxyl groups is 1. The summed E-state index contributed by atoms with van der Waals surface area (Å²) in [6, 6.07) is 13.9. The number of aryl methyl sites for hydroxylation is 1. The molecule has 110 valence electrons. The number of nitrogens with zero attached hydrogens (tertiary/aromatic N) is 1. The Balaban J connectivity index is 2.28. The third kappa shape index (κ3) is 3.96. The zero-order chi connectivity index (χ0) is 16.1. The lowest BCUT2D eigenvalue weighted by Crippen LogP contribution is -2.13. The van der Waals surface area contributed by atoms with E-state index in [-0.39, 0.29) is 11.3 Å². The number of halogens is 1. The minimum atomic E-state index is -0.521. The highest BCUT2D eigenvalue weighted by Gasteiger charge is 2.11. The maximum atomic E-state index is 12.2. The van der Waals surface area contributed by atoms with Gasteiger partial charge in [0.1, 0.15) is 17.4 Å². The topological polar surface area (TPSA) is 73.1 Å². The van der Waals surface area contributed by atoms with Crippen LogP contribution in [0.5, 0.6) is 5.75 Å². The van der Waals surface area contributed by atoms with Crippen LogP contribution in [0.25, 0.3) is 6.08 Å². The van der Waals surface area contributed by atoms with Crippen LogP contribution in [0.15, 0.2) is 52.5 Å². The van der Waals surface area contributed by atoms with E-state index in [9.17, 15) is 15.2 Å². The number of phenols is 1. The molecule has 0 aliphatic heterocycles. The number of nitriles is 1. The number of phenolic OH excluding ortho intramolecular Hbond substituents is 1. The average Bonchev–Trinajstić information content (AvgIpc) is 2.48. The smallest absolute Gasteiger partial charge is 0.266 e. The van der Waals surface area contributed by atoms with Gasteiger partial charge in [-0.25, -0.2) is 0 Å². The van der Waals surface area contributed by atoms with Gasteiger partial charge in [-0.1, -0.05) is 28.1 Å². The quantitative estimate of drug-likeness (QED) is 0.644. The third-order valence-corrected chi connectivity index (χ3v) is 3.42. The van der Waals surface area contributed by atoms with Crippen molar-refractivity contribution in [1.29, 1.82) is 5.26 Å². The highest BCUT2D eigenvalue weighted by atomic mass is 79.9. The Hall–Kier alpha value is -2.58. The molecule has 4 nitrogen and oxygen atoms in total. The maximum Gasteiger partial charge on any atom is 0.266 e. The van der Waals surface area contributed by atoms with Crippen LogP contribution >= 0.6 is 15.9 Å². The van der Waals surface area contributed by atoms with E-state index in [2.05, 4.69) is 21.2 Å². The standard InChI is InChI=1S/C17H13BrN2O2/c1-11-3-2-4-15(7-11)20-17(22)13(10-19)8-12-9-14(18)5-6-16(12)21/h2-9,21H,1H3,(H,20,22)/b13-8+. The van der Waals surface area contributed by atoms with E-state index in [1.165, 1.54) is 12.1 Å². The predicted octanol–water partition coefficient (Wildman–Crippen LogP) is 4.01. The fourth-order valence-electron chi connectivity index (χ4n) is 1.87. The fourth-order valence-corrected chi connectivity index (χ4v) is 2.25. The fraction of sp³-hybridized carbons (Fsp3) is 0.0588. The van der Waals surface area contributed by atoms with E-state index in [0.717, 1.165) is 10.0 Å². The van der Waals surface area contributed by atoms with Gasteiger partial charge in [-0.05, 0) is 48.9 Å². The lowest BCUT2D eigenvalue weighted by Gasteiger charge is -2.06. The number of nitrogens with one attached hydrogen (secondary N) is 1. The molecule has 0 atom stereocenters. The van der Waals surface area contributed by atoms with Crippen molar-refractivity contribution in [3.8, 4) is 11.8 Å². The molecule has 0 saturated heterocycles. The summed E-state index contributed by atoms with van der Waals surface area (Å²) in [7, 11) is 0. The van der Waals surface area contributed by atoms with Crippen molar-refractivity contribution in [2.45, 2.75) is 6.92 Å². The van der Waals surface area contributed by atoms with Crippen molar-refractivity contribution in [2.24, 2.45) is 0 Å². The van der Waals surface area contributed by atoms with Gasteiger partial charge in [0.25, 0.3) is 5.91 Å². The molecule has 0 aliphatic rings. The van der Waals surface area contributed by atoms with Crippen molar-refractivity contribution < 1.29 is 9.90 Å². The first-order valence-corrected chi connectivity index (χ1v) is 7.27. The molecule has 0 spiro atoms. The van der Waals surface area contributed by atoms with Crippen molar-refractivity contribution >= 4 is 33.6 Å². The van der Waals surface area contributed by atoms with Crippen molar-refractivity contribution in [1.82, 2.24) is 0 Å². The molecule has 1 amide bonds. The Bertz CT molecular complexity index is 791. The first-order chi connectivity index (χ1) is 10.5. The van der Waals surface area contributed by atoms with Crippen LogP contribution in [0.3, 0.4) is 0 Å². The maximum absolute atomic E-state index is 12.2. The zero-order valence-electron chi connectivity index (χ0n) is 11.8. The molecular weight excluding hydrogens is 344 g/mol. The second kappa shape index (κ2) is 6.92. The van der Waals surface area contributed by atoms with Gasteiger partial charge in [0, 0.05) is 15.7 Å². The minimum absolute atomic E-state index is 0.000643. The molecule has 2 rings (SSSR count). The molecule has 0 bridgehead atoms. The largest absolute Gasteiger partial charge is 0.507 e. The number of anilines is 1. The van der Waals surface area contributed by atoms with Gasteiger partial charge in [0.05, 0.1) is 0 Å². The summed E-state index contributed by atoms with van der Waals surface area (Å²) in [5, 5.41) is 21.6. The number of amides is 1. The van der Waals surface area contributed by atoms with Gasteiger partial charge >= 0.3 is 0 Å². The molecule has 0 fully saturated rings. The van der Waals surface area contributed by atoms with E-state index in [0.29, 0.717) is 11.3 Å². The van der Waals surface area contributed by atoms with E-state index >= 15 is 0 Å². The summed E-state index contributed by atoms with van der Waals surface area (Å²) in [6.45, 7) is 1.91. The SMILES string of the molecule is Cc1cccc(NC(=O)/C(C#N)=C/c2cc(Br)ccc2O)c1. The predicted molar refractivity (Wildman–Crippen MR) is 89.2 cm³/mol. The zero-order valence-corrected chi connectivity index (χ0v) is 13.4. The molecule has 0 saturated carbocycles. The molecule has 2 aromatic rings. The number of carbonyl (C=O) groups excluding carboxylic acids is 1. The van der Waals surface area contributed by atoms with Crippen molar-refractivity contribution in [3.63, 3.8) is 0 Å². The summed E-state index contributed by atoms with van der Waals surface area (Å²) < 4.78 is 0.743. The summed E-state index contributed by atoms with van der Waals surface area (Å²) in [5.74, 6) is -0.521. The highest BCUT2D eigenvalue weighted by Crippen LogP contribution is 2.24. The number of benzene rings is 2. The van der Waals surface area contributed by atoms with Gasteiger partial charge in [-0.15, -0.1) is 0 Å². The Morgan fingerprint density at radius 2 is 2.09 bits per heavy atom. The van der Waals surface area contributed by atoms with Gasteiger partial charge in [0.15, 0.2) is 0 Å². The average molecular weight is 357 g/mol. The summed E-state index contributed by atoms with van der Waals surface area (Å²) in [4.78, 5) is 12.2. The van der Waals surface area contributed by atoms with Gasteiger partial charge < -0.3 is 10.4 Å². The molecule has 0 radical (unpaired) electrons. The molecular formula is C17H13BrN2O2. The van der Waals surface area contributed by atoms with Crippen LogP contribution in [0.2, 0.25) is 0 Å². The summed E-state index contributed by atoms with van der Waals surface area (Å²) in [5.41, 5.74) is 1.93. The van der Waals surface area contributed by atoms with Gasteiger partial charge in [-0.2, -0.15) is 5.26 Å². The molecule has 0 aromatic heterocycles. The van der Waals surface area contributed by atoms with Crippen LogP contribution in [0.1, 0.15) is 11.1 Å². The Morgan fingerprint density at radius 1 is 1.32 bits per heavy atom.